The van der Waals surface area contributed by atoms with E-state index in [1.807, 2.05) is 13.8 Å². The van der Waals surface area contributed by atoms with Crippen molar-refractivity contribution in [1.29, 1.82) is 0 Å². The molecule has 0 radical (unpaired) electrons. The zero-order valence-electron chi connectivity index (χ0n) is 11.2. The molecule has 0 bridgehead atoms. The summed E-state index contributed by atoms with van der Waals surface area (Å²) in [5.41, 5.74) is 0. The maximum atomic E-state index is 12.1. The number of sulfonamides is 1. The topological polar surface area (TPSA) is 84.0 Å². The molecule has 7 heteroatoms. The summed E-state index contributed by atoms with van der Waals surface area (Å²) in [4.78, 5) is 0.186. The Labute approximate surface area is 118 Å². The number of aromatic nitrogens is 2. The summed E-state index contributed by atoms with van der Waals surface area (Å²) in [5.74, 6) is 0.783. The lowest BCUT2D eigenvalue weighted by atomic mass is 10.4. The highest BCUT2D eigenvalue weighted by Gasteiger charge is 2.14. The van der Waals surface area contributed by atoms with Gasteiger partial charge >= 0.3 is 0 Å². The summed E-state index contributed by atoms with van der Waals surface area (Å²) >= 11 is 0. The first kappa shape index (κ1) is 14.3. The van der Waals surface area contributed by atoms with Gasteiger partial charge in [-0.15, -0.1) is 10.2 Å². The van der Waals surface area contributed by atoms with Gasteiger partial charge in [0.25, 0.3) is 10.0 Å². The minimum absolute atomic E-state index is 0.183. The lowest BCUT2D eigenvalue weighted by Crippen LogP contribution is -2.15. The van der Waals surface area contributed by atoms with Gasteiger partial charge in [0.05, 0.1) is 4.90 Å². The van der Waals surface area contributed by atoms with Gasteiger partial charge in [-0.25, -0.2) is 8.42 Å². The standard InChI is InChI=1S/C13H16N4O2S/c1-10(2)14-12-8-9-13(16-15-12)17-20(18,19)11-6-4-3-5-7-11/h3-10H,1-2H3,(H,14,15)(H,16,17). The summed E-state index contributed by atoms with van der Waals surface area (Å²) in [6.45, 7) is 3.96. The van der Waals surface area contributed by atoms with Crippen LogP contribution in [0.5, 0.6) is 0 Å². The largest absolute Gasteiger partial charge is 0.366 e. The smallest absolute Gasteiger partial charge is 0.263 e. The van der Waals surface area contributed by atoms with Crippen molar-refractivity contribution in [3.05, 3.63) is 42.5 Å². The second kappa shape index (κ2) is 5.87. The first-order chi connectivity index (χ1) is 9.47. The molecule has 0 saturated heterocycles. The Morgan fingerprint density at radius 3 is 2.10 bits per heavy atom. The predicted molar refractivity (Wildman–Crippen MR) is 78.0 cm³/mol. The normalized spacial score (nSPS) is 11.3. The quantitative estimate of drug-likeness (QED) is 0.881. The van der Waals surface area contributed by atoms with E-state index in [0.29, 0.717) is 5.82 Å². The van der Waals surface area contributed by atoms with E-state index in [0.717, 1.165) is 0 Å². The van der Waals surface area contributed by atoms with Gasteiger partial charge in [0.1, 0.15) is 5.82 Å². The first-order valence-electron chi connectivity index (χ1n) is 6.15. The molecule has 1 heterocycles. The van der Waals surface area contributed by atoms with E-state index < -0.39 is 10.0 Å². The molecule has 0 spiro atoms. The van der Waals surface area contributed by atoms with Crippen LogP contribution in [0.4, 0.5) is 11.6 Å². The molecule has 0 aliphatic heterocycles. The maximum Gasteiger partial charge on any atom is 0.263 e. The van der Waals surface area contributed by atoms with Gasteiger partial charge in [0.15, 0.2) is 5.82 Å². The molecule has 2 aromatic rings. The van der Waals surface area contributed by atoms with Gasteiger partial charge in [0.2, 0.25) is 0 Å². The van der Waals surface area contributed by atoms with Crippen LogP contribution in [0, 0.1) is 0 Å². The zero-order chi connectivity index (χ0) is 14.6. The van der Waals surface area contributed by atoms with Gasteiger partial charge in [-0.3, -0.25) is 4.72 Å². The molecule has 2 rings (SSSR count). The van der Waals surface area contributed by atoms with Crippen molar-refractivity contribution in [2.24, 2.45) is 0 Å². The third-order valence-electron chi connectivity index (χ3n) is 2.39. The minimum atomic E-state index is -3.62. The Bertz CT molecular complexity index is 655. The number of anilines is 2. The van der Waals surface area contributed by atoms with E-state index in [1.54, 1.807) is 30.3 Å². The van der Waals surface area contributed by atoms with Crippen LogP contribution in [0.1, 0.15) is 13.8 Å². The molecule has 0 saturated carbocycles. The Hall–Kier alpha value is -2.15. The Balaban J connectivity index is 2.14. The minimum Gasteiger partial charge on any atom is -0.366 e. The molecule has 0 atom stereocenters. The van der Waals surface area contributed by atoms with E-state index in [9.17, 15) is 8.42 Å². The van der Waals surface area contributed by atoms with Gasteiger partial charge in [-0.2, -0.15) is 0 Å². The third-order valence-corrected chi connectivity index (χ3v) is 3.76. The highest BCUT2D eigenvalue weighted by atomic mass is 32.2. The maximum absolute atomic E-state index is 12.1. The Morgan fingerprint density at radius 1 is 0.950 bits per heavy atom. The molecule has 6 nitrogen and oxygen atoms in total. The van der Waals surface area contributed by atoms with Gasteiger partial charge in [-0.1, -0.05) is 18.2 Å². The number of nitrogens with one attached hydrogen (secondary N) is 2. The number of rotatable bonds is 5. The molecule has 0 unspecified atom stereocenters. The predicted octanol–water partition coefficient (Wildman–Crippen LogP) is 2.10. The van der Waals surface area contributed by atoms with Crippen LogP contribution < -0.4 is 10.0 Å². The zero-order valence-corrected chi connectivity index (χ0v) is 12.1. The number of benzene rings is 1. The van der Waals surface area contributed by atoms with Gasteiger partial charge < -0.3 is 5.32 Å². The number of hydrogen-bond acceptors (Lipinski definition) is 5. The van der Waals surface area contributed by atoms with E-state index >= 15 is 0 Å². The van der Waals surface area contributed by atoms with Crippen molar-refractivity contribution < 1.29 is 8.42 Å². The van der Waals surface area contributed by atoms with Crippen molar-refractivity contribution in [1.82, 2.24) is 10.2 Å². The molecule has 1 aromatic heterocycles. The van der Waals surface area contributed by atoms with E-state index in [1.165, 1.54) is 12.1 Å². The summed E-state index contributed by atoms with van der Waals surface area (Å²) in [6.07, 6.45) is 0. The van der Waals surface area contributed by atoms with Crippen LogP contribution in [-0.2, 0) is 10.0 Å². The molecule has 1 aromatic carbocycles. The third kappa shape index (κ3) is 3.67. The lowest BCUT2D eigenvalue weighted by molar-refractivity contribution is 0.601. The van der Waals surface area contributed by atoms with Crippen molar-refractivity contribution in [2.45, 2.75) is 24.8 Å². The van der Waals surface area contributed by atoms with Crippen LogP contribution in [-0.4, -0.2) is 24.7 Å². The fraction of sp³-hybridized carbons (Fsp3) is 0.231. The van der Waals surface area contributed by atoms with Gasteiger partial charge in [-0.05, 0) is 38.1 Å². The molecule has 0 amide bonds. The van der Waals surface area contributed by atoms with Crippen molar-refractivity contribution in [3.63, 3.8) is 0 Å². The Morgan fingerprint density at radius 2 is 1.55 bits per heavy atom. The van der Waals surface area contributed by atoms with Crippen LogP contribution in [0.3, 0.4) is 0 Å². The number of hydrogen-bond donors (Lipinski definition) is 2. The van der Waals surface area contributed by atoms with E-state index in [4.69, 9.17) is 0 Å². The SMILES string of the molecule is CC(C)Nc1ccc(NS(=O)(=O)c2ccccc2)nn1. The summed E-state index contributed by atoms with van der Waals surface area (Å²) in [6, 6.07) is 11.6. The molecule has 106 valence electrons. The van der Waals surface area contributed by atoms with Crippen molar-refractivity contribution in [2.75, 3.05) is 10.0 Å². The average Bonchev–Trinajstić information content (AvgIpc) is 2.41. The lowest BCUT2D eigenvalue weighted by Gasteiger charge is -2.09. The van der Waals surface area contributed by atoms with E-state index in [-0.39, 0.29) is 16.8 Å². The van der Waals surface area contributed by atoms with Crippen LogP contribution in [0.2, 0.25) is 0 Å². The average molecular weight is 292 g/mol. The monoisotopic (exact) mass is 292 g/mol. The fourth-order valence-electron chi connectivity index (χ4n) is 1.56. The molecule has 0 aliphatic rings. The van der Waals surface area contributed by atoms with E-state index in [2.05, 4.69) is 20.2 Å². The highest BCUT2D eigenvalue weighted by molar-refractivity contribution is 7.92. The number of nitrogens with zero attached hydrogens (tertiary/aromatic N) is 2. The molecule has 2 N–H and O–H groups in total. The van der Waals surface area contributed by atoms with Crippen LogP contribution in [0.15, 0.2) is 47.4 Å². The highest BCUT2D eigenvalue weighted by Crippen LogP contribution is 2.14. The Kier molecular flexibility index (Phi) is 4.19. The molecule has 0 fully saturated rings. The molecular formula is C13H16N4O2S. The second-order valence-corrected chi connectivity index (χ2v) is 6.20. The molecule has 0 aliphatic carbocycles. The summed E-state index contributed by atoms with van der Waals surface area (Å²) < 4.78 is 26.5. The first-order valence-corrected chi connectivity index (χ1v) is 7.64. The van der Waals surface area contributed by atoms with Crippen molar-refractivity contribution >= 4 is 21.7 Å². The summed E-state index contributed by atoms with van der Waals surface area (Å²) in [7, 11) is -3.62. The fourth-order valence-corrected chi connectivity index (χ4v) is 2.57. The second-order valence-electron chi connectivity index (χ2n) is 4.52. The van der Waals surface area contributed by atoms with Gasteiger partial charge in [0, 0.05) is 6.04 Å². The molecule has 20 heavy (non-hydrogen) atoms. The van der Waals surface area contributed by atoms with Crippen molar-refractivity contribution in [3.8, 4) is 0 Å². The molecular weight excluding hydrogens is 276 g/mol. The van der Waals surface area contributed by atoms with Crippen LogP contribution >= 0.6 is 0 Å². The summed E-state index contributed by atoms with van der Waals surface area (Å²) in [5, 5.41) is 10.8. The van der Waals surface area contributed by atoms with Crippen LogP contribution in [0.25, 0.3) is 0 Å².